The molecule has 2 atom stereocenters. The predicted octanol–water partition coefficient (Wildman–Crippen LogP) is 4.20. The van der Waals surface area contributed by atoms with Crippen LogP contribution < -0.4 is 5.32 Å². The Morgan fingerprint density at radius 3 is 2.29 bits per heavy atom. The van der Waals surface area contributed by atoms with Gasteiger partial charge in [0.15, 0.2) is 0 Å². The summed E-state index contributed by atoms with van der Waals surface area (Å²) in [6.07, 6.45) is -0.881. The maximum Gasteiger partial charge on any atom is 0.408 e. The minimum Gasteiger partial charge on any atom is -0.480 e. The fourth-order valence-corrected chi connectivity index (χ4v) is 2.74. The van der Waals surface area contributed by atoms with E-state index in [1.807, 2.05) is 0 Å². The lowest BCUT2D eigenvalue weighted by Gasteiger charge is -2.30. The Balaban J connectivity index is 3.23. The number of carboxylic acids is 1. The Kier molecular flexibility index (Phi) is 6.60. The van der Waals surface area contributed by atoms with Crippen LogP contribution in [0.4, 0.5) is 9.18 Å². The molecule has 24 heavy (non-hydrogen) atoms. The van der Waals surface area contributed by atoms with Gasteiger partial charge >= 0.3 is 12.1 Å². The van der Waals surface area contributed by atoms with E-state index in [0.717, 1.165) is 0 Å². The Morgan fingerprint density at radius 2 is 1.88 bits per heavy atom. The first-order valence-electron chi connectivity index (χ1n) is 7.60. The number of benzene rings is 1. The van der Waals surface area contributed by atoms with Gasteiger partial charge in [-0.1, -0.05) is 31.5 Å². The van der Waals surface area contributed by atoms with Crippen molar-refractivity contribution in [3.05, 3.63) is 34.6 Å². The molecule has 0 saturated heterocycles. The van der Waals surface area contributed by atoms with Crippen LogP contribution in [0.25, 0.3) is 0 Å². The summed E-state index contributed by atoms with van der Waals surface area (Å²) in [5.41, 5.74) is -0.714. The van der Waals surface area contributed by atoms with Crippen molar-refractivity contribution in [2.24, 2.45) is 5.92 Å². The fraction of sp³-hybridized carbons (Fsp3) is 0.529. The highest BCUT2D eigenvalue weighted by Gasteiger charge is 2.37. The Hall–Kier alpha value is -1.82. The molecule has 1 aromatic carbocycles. The molecule has 0 bridgehead atoms. The van der Waals surface area contributed by atoms with E-state index in [1.165, 1.54) is 18.2 Å². The highest BCUT2D eigenvalue weighted by molar-refractivity contribution is 6.31. The first-order valence-corrected chi connectivity index (χ1v) is 7.98. The SMILES string of the molecule is CC(C)C(c1c(F)cccc1Cl)C(NC(=O)OC(C)(C)C)C(=O)O. The zero-order valence-electron chi connectivity index (χ0n) is 14.4. The zero-order valence-corrected chi connectivity index (χ0v) is 15.1. The van der Waals surface area contributed by atoms with Gasteiger partial charge in [-0.25, -0.2) is 14.0 Å². The van der Waals surface area contributed by atoms with Gasteiger partial charge in [-0.15, -0.1) is 0 Å². The standard InChI is InChI=1S/C17H23ClFNO4/c1-9(2)12(13-10(18)7-6-8-11(13)19)14(15(21)22)20-16(23)24-17(3,4)5/h6-9,12,14H,1-5H3,(H,20,23)(H,21,22). The number of carbonyl (C=O) groups excluding carboxylic acids is 1. The number of carboxylic acid groups (broad SMARTS) is 1. The molecule has 0 fully saturated rings. The van der Waals surface area contributed by atoms with Crippen molar-refractivity contribution >= 4 is 23.7 Å². The van der Waals surface area contributed by atoms with Gasteiger partial charge in [-0.2, -0.15) is 0 Å². The number of hydrogen-bond acceptors (Lipinski definition) is 3. The highest BCUT2D eigenvalue weighted by atomic mass is 35.5. The van der Waals surface area contributed by atoms with Crippen LogP contribution in [-0.2, 0) is 9.53 Å². The second-order valence-electron chi connectivity index (χ2n) is 6.87. The predicted molar refractivity (Wildman–Crippen MR) is 89.8 cm³/mol. The molecule has 134 valence electrons. The molecule has 0 aliphatic rings. The van der Waals surface area contributed by atoms with Gasteiger partial charge in [-0.3, -0.25) is 0 Å². The molecule has 1 amide bonds. The summed E-state index contributed by atoms with van der Waals surface area (Å²) in [6, 6.07) is 2.76. The maximum absolute atomic E-state index is 14.3. The number of aliphatic carboxylic acids is 1. The quantitative estimate of drug-likeness (QED) is 0.826. The highest BCUT2D eigenvalue weighted by Crippen LogP contribution is 2.35. The molecule has 0 aliphatic carbocycles. The molecule has 0 aliphatic heterocycles. The average molecular weight is 360 g/mol. The molecular formula is C17H23ClFNO4. The van der Waals surface area contributed by atoms with Gasteiger partial charge in [0.2, 0.25) is 0 Å². The third-order valence-electron chi connectivity index (χ3n) is 3.35. The molecule has 5 nitrogen and oxygen atoms in total. The minimum absolute atomic E-state index is 0.0672. The zero-order chi connectivity index (χ0) is 18.7. The van der Waals surface area contributed by atoms with Crippen molar-refractivity contribution in [3.8, 4) is 0 Å². The number of carbonyl (C=O) groups is 2. The lowest BCUT2D eigenvalue weighted by atomic mass is 9.82. The average Bonchev–Trinajstić information content (AvgIpc) is 2.38. The van der Waals surface area contributed by atoms with Crippen LogP contribution >= 0.6 is 11.6 Å². The number of hydrogen-bond donors (Lipinski definition) is 2. The smallest absolute Gasteiger partial charge is 0.408 e. The first-order chi connectivity index (χ1) is 10.9. The van der Waals surface area contributed by atoms with Crippen LogP contribution in [0, 0.1) is 11.7 Å². The molecule has 7 heteroatoms. The molecule has 2 unspecified atom stereocenters. The molecule has 1 rings (SSSR count). The number of alkyl carbamates (subject to hydrolysis) is 1. The second kappa shape index (κ2) is 7.83. The number of halogens is 2. The topological polar surface area (TPSA) is 75.6 Å². The van der Waals surface area contributed by atoms with Crippen LogP contribution in [0.1, 0.15) is 46.1 Å². The lowest BCUT2D eigenvalue weighted by Crippen LogP contribution is -2.48. The van der Waals surface area contributed by atoms with Crippen LogP contribution in [-0.4, -0.2) is 28.8 Å². The Labute approximate surface area is 146 Å². The van der Waals surface area contributed by atoms with Crippen molar-refractivity contribution in [2.45, 2.75) is 52.2 Å². The van der Waals surface area contributed by atoms with Crippen LogP contribution in [0.3, 0.4) is 0 Å². The first kappa shape index (κ1) is 20.2. The van der Waals surface area contributed by atoms with E-state index in [2.05, 4.69) is 5.32 Å². The summed E-state index contributed by atoms with van der Waals surface area (Å²) in [4.78, 5) is 23.7. The molecule has 0 saturated carbocycles. The summed E-state index contributed by atoms with van der Waals surface area (Å²) < 4.78 is 19.4. The van der Waals surface area contributed by atoms with Crippen LogP contribution in [0.15, 0.2) is 18.2 Å². The maximum atomic E-state index is 14.3. The summed E-state index contributed by atoms with van der Waals surface area (Å²) >= 11 is 6.08. The van der Waals surface area contributed by atoms with Crippen molar-refractivity contribution in [3.63, 3.8) is 0 Å². The number of rotatable bonds is 5. The Bertz CT molecular complexity index is 593. The molecule has 0 spiro atoms. The van der Waals surface area contributed by atoms with Crippen LogP contribution in [0.5, 0.6) is 0 Å². The van der Waals surface area contributed by atoms with Gasteiger partial charge < -0.3 is 15.2 Å². The van der Waals surface area contributed by atoms with E-state index in [-0.39, 0.29) is 16.5 Å². The van der Waals surface area contributed by atoms with Gasteiger partial charge in [0.1, 0.15) is 17.5 Å². The molecule has 2 N–H and O–H groups in total. The van der Waals surface area contributed by atoms with E-state index in [1.54, 1.807) is 34.6 Å². The fourth-order valence-electron chi connectivity index (χ4n) is 2.45. The molecule has 0 radical (unpaired) electrons. The van der Waals surface area contributed by atoms with Gasteiger partial charge in [-0.05, 0) is 38.8 Å². The monoisotopic (exact) mass is 359 g/mol. The number of amides is 1. The van der Waals surface area contributed by atoms with E-state index in [4.69, 9.17) is 16.3 Å². The van der Waals surface area contributed by atoms with Crippen molar-refractivity contribution in [1.29, 1.82) is 0 Å². The minimum atomic E-state index is -1.38. The van der Waals surface area contributed by atoms with Gasteiger partial charge in [0.05, 0.1) is 0 Å². The summed E-state index contributed by atoms with van der Waals surface area (Å²) in [5, 5.41) is 12.0. The summed E-state index contributed by atoms with van der Waals surface area (Å²) in [7, 11) is 0. The van der Waals surface area contributed by atoms with Crippen molar-refractivity contribution in [2.75, 3.05) is 0 Å². The third kappa shape index (κ3) is 5.37. The van der Waals surface area contributed by atoms with E-state index < -0.39 is 35.4 Å². The van der Waals surface area contributed by atoms with E-state index in [0.29, 0.717) is 0 Å². The number of ether oxygens (including phenoxy) is 1. The molecule has 0 aromatic heterocycles. The van der Waals surface area contributed by atoms with Crippen molar-refractivity contribution < 1.29 is 23.8 Å². The van der Waals surface area contributed by atoms with Gasteiger partial charge in [0.25, 0.3) is 0 Å². The normalized spacial score (nSPS) is 14.2. The summed E-state index contributed by atoms with van der Waals surface area (Å²) in [5.74, 6) is -3.06. The second-order valence-corrected chi connectivity index (χ2v) is 7.27. The number of nitrogens with one attached hydrogen (secondary N) is 1. The molecular weight excluding hydrogens is 337 g/mol. The molecule has 1 aromatic rings. The summed E-state index contributed by atoms with van der Waals surface area (Å²) in [6.45, 7) is 8.46. The van der Waals surface area contributed by atoms with Gasteiger partial charge in [0, 0.05) is 16.5 Å². The van der Waals surface area contributed by atoms with Crippen molar-refractivity contribution in [1.82, 2.24) is 5.32 Å². The molecule has 0 heterocycles. The van der Waals surface area contributed by atoms with E-state index in [9.17, 15) is 19.1 Å². The lowest BCUT2D eigenvalue weighted by molar-refractivity contribution is -0.140. The third-order valence-corrected chi connectivity index (χ3v) is 3.68. The largest absolute Gasteiger partial charge is 0.480 e. The van der Waals surface area contributed by atoms with E-state index >= 15 is 0 Å². The Morgan fingerprint density at radius 1 is 1.29 bits per heavy atom. The van der Waals surface area contributed by atoms with Crippen LogP contribution in [0.2, 0.25) is 5.02 Å².